The smallest absolute Gasteiger partial charge is 0.162 e. The van der Waals surface area contributed by atoms with Crippen molar-refractivity contribution in [2.75, 3.05) is 44.8 Å². The fraction of sp³-hybridized carbons (Fsp3) is 0.500. The van der Waals surface area contributed by atoms with Crippen LogP contribution in [-0.4, -0.2) is 71.8 Å². The predicted octanol–water partition coefficient (Wildman–Crippen LogP) is 3.30. The van der Waals surface area contributed by atoms with E-state index in [1.807, 2.05) is 45.0 Å². The highest BCUT2D eigenvalue weighted by atomic mass is 16.5. The van der Waals surface area contributed by atoms with Gasteiger partial charge in [-0.3, -0.25) is 0 Å². The van der Waals surface area contributed by atoms with Crippen LogP contribution in [0.15, 0.2) is 28.8 Å². The Morgan fingerprint density at radius 3 is 2.71 bits per heavy atom. The summed E-state index contributed by atoms with van der Waals surface area (Å²) in [7, 11) is 1.79. The number of morpholine rings is 1. The Labute approximate surface area is 206 Å². The van der Waals surface area contributed by atoms with Gasteiger partial charge in [0, 0.05) is 30.8 Å². The maximum atomic E-state index is 10.0. The quantitative estimate of drug-likeness (QED) is 0.501. The van der Waals surface area contributed by atoms with Crippen molar-refractivity contribution in [3.8, 4) is 28.4 Å². The molecule has 1 aliphatic rings. The molecule has 0 saturated carbocycles. The largest absolute Gasteiger partial charge is 0.491 e. The Kier molecular flexibility index (Phi) is 7.39. The zero-order valence-electron chi connectivity index (χ0n) is 21.4. The minimum Gasteiger partial charge on any atom is -0.491 e. The number of hydrogen-bond acceptors (Lipinski definition) is 9. The number of aliphatic hydroxyl groups excluding tert-OH is 1. The van der Waals surface area contributed by atoms with E-state index >= 15 is 0 Å². The zero-order valence-corrected chi connectivity index (χ0v) is 21.4. The van der Waals surface area contributed by atoms with Gasteiger partial charge in [0.2, 0.25) is 0 Å². The summed E-state index contributed by atoms with van der Waals surface area (Å²) in [5, 5.41) is 17.1. The van der Waals surface area contributed by atoms with Crippen LogP contribution in [0.25, 0.3) is 22.6 Å². The number of nitrogens with one attached hydrogen (secondary N) is 1. The maximum Gasteiger partial charge on any atom is 0.162 e. The first-order chi connectivity index (χ1) is 16.7. The first kappa shape index (κ1) is 25.1. The van der Waals surface area contributed by atoms with Gasteiger partial charge in [0.1, 0.15) is 30.0 Å². The van der Waals surface area contributed by atoms with Crippen LogP contribution < -0.4 is 15.0 Å². The van der Waals surface area contributed by atoms with Crippen LogP contribution in [0.3, 0.4) is 0 Å². The van der Waals surface area contributed by atoms with E-state index < -0.39 is 6.10 Å². The van der Waals surface area contributed by atoms with E-state index in [9.17, 15) is 5.11 Å². The normalized spacial score (nSPS) is 16.4. The standard InChI is InChI=1S/C26H35N5O4/c1-16-23(22-17(2)30-35-18(22)3)28-24(29-25(16)31-10-11-34-26(4,5)15-31)19-8-7-9-21(12-19)33-14-20(32)13-27-6/h7-9,12,20,27,32H,10-11,13-15H2,1-6H3. The average Bonchev–Trinajstić information content (AvgIpc) is 3.15. The summed E-state index contributed by atoms with van der Waals surface area (Å²) in [4.78, 5) is 12.3. The molecule has 0 spiro atoms. The topological polar surface area (TPSA) is 106 Å². The third-order valence-electron chi connectivity index (χ3n) is 6.09. The number of likely N-dealkylation sites (N-methyl/N-ethyl adjacent to an activating group) is 1. The highest BCUT2D eigenvalue weighted by Gasteiger charge is 2.30. The number of aromatic nitrogens is 3. The van der Waals surface area contributed by atoms with E-state index in [1.165, 1.54) is 0 Å². The molecule has 3 aromatic rings. The van der Waals surface area contributed by atoms with Crippen molar-refractivity contribution in [1.82, 2.24) is 20.4 Å². The van der Waals surface area contributed by atoms with Crippen LogP contribution in [-0.2, 0) is 4.74 Å². The molecule has 3 heterocycles. The summed E-state index contributed by atoms with van der Waals surface area (Å²) in [6.07, 6.45) is -0.596. The van der Waals surface area contributed by atoms with Crippen molar-refractivity contribution >= 4 is 5.82 Å². The lowest BCUT2D eigenvalue weighted by Crippen LogP contribution is -2.49. The van der Waals surface area contributed by atoms with Gasteiger partial charge in [0.15, 0.2) is 5.82 Å². The average molecular weight is 482 g/mol. The molecule has 1 aromatic carbocycles. The van der Waals surface area contributed by atoms with E-state index in [2.05, 4.69) is 29.2 Å². The molecule has 0 bridgehead atoms. The minimum absolute atomic E-state index is 0.192. The Morgan fingerprint density at radius 2 is 2.03 bits per heavy atom. The number of aliphatic hydroxyl groups is 1. The van der Waals surface area contributed by atoms with Gasteiger partial charge in [-0.25, -0.2) is 9.97 Å². The number of aryl methyl sites for hydroxylation is 2. The highest BCUT2D eigenvalue weighted by Crippen LogP contribution is 2.36. The molecule has 9 nitrogen and oxygen atoms in total. The van der Waals surface area contributed by atoms with Crippen LogP contribution in [0.5, 0.6) is 5.75 Å². The second-order valence-electron chi connectivity index (χ2n) is 9.62. The summed E-state index contributed by atoms with van der Waals surface area (Å²) >= 11 is 0. The Morgan fingerprint density at radius 1 is 1.23 bits per heavy atom. The van der Waals surface area contributed by atoms with Gasteiger partial charge in [-0.15, -0.1) is 0 Å². The third-order valence-corrected chi connectivity index (χ3v) is 6.09. The molecule has 1 atom stereocenters. The number of ether oxygens (including phenoxy) is 2. The molecule has 0 radical (unpaired) electrons. The van der Waals surface area contributed by atoms with E-state index in [-0.39, 0.29) is 12.2 Å². The Balaban J connectivity index is 1.77. The summed E-state index contributed by atoms with van der Waals surface area (Å²) in [6.45, 7) is 12.8. The highest BCUT2D eigenvalue weighted by molar-refractivity contribution is 5.75. The number of hydrogen-bond donors (Lipinski definition) is 2. The van der Waals surface area contributed by atoms with Crippen LogP contribution in [0.2, 0.25) is 0 Å². The molecule has 4 rings (SSSR count). The second kappa shape index (κ2) is 10.3. The molecule has 2 N–H and O–H groups in total. The van der Waals surface area contributed by atoms with Crippen molar-refractivity contribution in [2.24, 2.45) is 0 Å². The molecule has 1 saturated heterocycles. The first-order valence-corrected chi connectivity index (χ1v) is 11.9. The van der Waals surface area contributed by atoms with Crippen molar-refractivity contribution in [1.29, 1.82) is 0 Å². The van der Waals surface area contributed by atoms with Gasteiger partial charge >= 0.3 is 0 Å². The molecular weight excluding hydrogens is 446 g/mol. The Hall–Kier alpha value is -3.01. The van der Waals surface area contributed by atoms with Gasteiger partial charge in [-0.1, -0.05) is 17.3 Å². The Bertz CT molecular complexity index is 1160. The SMILES string of the molecule is CNCC(O)COc1cccc(-c2nc(-c3c(C)noc3C)c(C)c(N3CCOC(C)(C)C3)n2)c1. The van der Waals surface area contributed by atoms with Gasteiger partial charge in [-0.2, -0.15) is 0 Å². The molecule has 35 heavy (non-hydrogen) atoms. The van der Waals surface area contributed by atoms with Gasteiger partial charge in [0.05, 0.1) is 29.2 Å². The number of rotatable bonds is 8. The lowest BCUT2D eigenvalue weighted by molar-refractivity contribution is -0.0279. The van der Waals surface area contributed by atoms with Crippen molar-refractivity contribution in [3.63, 3.8) is 0 Å². The number of anilines is 1. The molecule has 9 heteroatoms. The summed E-state index contributed by atoms with van der Waals surface area (Å²) in [5.41, 5.74) is 4.01. The van der Waals surface area contributed by atoms with Crippen LogP contribution >= 0.6 is 0 Å². The molecule has 1 fully saturated rings. The fourth-order valence-electron chi connectivity index (χ4n) is 4.42. The van der Waals surface area contributed by atoms with E-state index in [1.54, 1.807) is 7.05 Å². The van der Waals surface area contributed by atoms with E-state index in [4.69, 9.17) is 24.0 Å². The van der Waals surface area contributed by atoms with E-state index in [0.717, 1.165) is 52.7 Å². The predicted molar refractivity (Wildman–Crippen MR) is 135 cm³/mol. The van der Waals surface area contributed by atoms with E-state index in [0.29, 0.717) is 24.7 Å². The third kappa shape index (κ3) is 5.63. The number of nitrogens with zero attached hydrogens (tertiary/aromatic N) is 4. The van der Waals surface area contributed by atoms with Crippen molar-refractivity contribution in [2.45, 2.75) is 46.3 Å². The molecule has 1 unspecified atom stereocenters. The zero-order chi connectivity index (χ0) is 25.2. The van der Waals surface area contributed by atoms with Gasteiger partial charge in [-0.05, 0) is 53.8 Å². The lowest BCUT2D eigenvalue weighted by Gasteiger charge is -2.39. The lowest BCUT2D eigenvalue weighted by atomic mass is 10.0. The monoisotopic (exact) mass is 481 g/mol. The van der Waals surface area contributed by atoms with Crippen LogP contribution in [0, 0.1) is 20.8 Å². The summed E-state index contributed by atoms with van der Waals surface area (Å²) in [5.74, 6) is 2.83. The summed E-state index contributed by atoms with van der Waals surface area (Å²) < 4.78 is 17.2. The number of benzene rings is 1. The fourth-order valence-corrected chi connectivity index (χ4v) is 4.42. The molecule has 2 aromatic heterocycles. The molecule has 0 aliphatic carbocycles. The molecule has 188 valence electrons. The second-order valence-corrected chi connectivity index (χ2v) is 9.62. The molecular formula is C26H35N5O4. The molecule has 0 amide bonds. The van der Waals surface area contributed by atoms with Gasteiger partial charge < -0.3 is 29.3 Å². The van der Waals surface area contributed by atoms with Gasteiger partial charge in [0.25, 0.3) is 0 Å². The first-order valence-electron chi connectivity index (χ1n) is 11.9. The van der Waals surface area contributed by atoms with Crippen LogP contribution in [0.1, 0.15) is 30.9 Å². The van der Waals surface area contributed by atoms with Crippen LogP contribution in [0.4, 0.5) is 5.82 Å². The summed E-state index contributed by atoms with van der Waals surface area (Å²) in [6, 6.07) is 7.64. The molecule has 1 aliphatic heterocycles. The van der Waals surface area contributed by atoms with Crippen molar-refractivity contribution in [3.05, 3.63) is 41.3 Å². The minimum atomic E-state index is -0.596. The maximum absolute atomic E-state index is 10.0. The van der Waals surface area contributed by atoms with Crippen molar-refractivity contribution < 1.29 is 19.1 Å².